The fraction of sp³-hybridized carbons (Fsp3) is 0.357. The van der Waals surface area contributed by atoms with Crippen molar-refractivity contribution >= 4 is 23.2 Å². The first-order valence-electron chi connectivity index (χ1n) is 6.84. The lowest BCUT2D eigenvalue weighted by atomic mass is 9.95. The molecular weight excluding hydrogens is 290 g/mol. The molecule has 3 heterocycles. The van der Waals surface area contributed by atoms with Gasteiger partial charge in [0.05, 0.1) is 16.4 Å². The summed E-state index contributed by atoms with van der Waals surface area (Å²) < 4.78 is 0. The molecule has 0 bridgehead atoms. The van der Waals surface area contributed by atoms with Gasteiger partial charge >= 0.3 is 0 Å². The van der Waals surface area contributed by atoms with E-state index in [1.807, 2.05) is 6.07 Å². The van der Waals surface area contributed by atoms with Crippen molar-refractivity contribution in [1.82, 2.24) is 15.2 Å². The first-order valence-corrected chi connectivity index (χ1v) is 7.22. The molecule has 1 saturated heterocycles. The smallest absolute Gasteiger partial charge is 0.220 e. The van der Waals surface area contributed by atoms with Gasteiger partial charge in [-0.2, -0.15) is 5.10 Å². The highest BCUT2D eigenvalue weighted by molar-refractivity contribution is 6.33. The Morgan fingerprint density at radius 1 is 1.38 bits per heavy atom. The van der Waals surface area contributed by atoms with E-state index in [-0.39, 0.29) is 11.8 Å². The maximum Gasteiger partial charge on any atom is 0.220 e. The van der Waals surface area contributed by atoms with E-state index in [0.29, 0.717) is 5.02 Å². The Morgan fingerprint density at radius 3 is 2.76 bits per heavy atom. The van der Waals surface area contributed by atoms with Crippen LogP contribution in [0.1, 0.15) is 12.8 Å². The average molecular weight is 306 g/mol. The third-order valence-electron chi connectivity index (χ3n) is 3.88. The van der Waals surface area contributed by atoms with Gasteiger partial charge in [-0.25, -0.2) is 0 Å². The number of halogens is 1. The number of carbonyl (C=O) groups is 1. The number of hydrogen-bond donors (Lipinski definition) is 2. The number of hydrogen-bond acceptors (Lipinski definition) is 4. The topological polar surface area (TPSA) is 87.9 Å². The van der Waals surface area contributed by atoms with Crippen LogP contribution in [-0.2, 0) is 4.79 Å². The quantitative estimate of drug-likeness (QED) is 0.905. The maximum absolute atomic E-state index is 11.3. The van der Waals surface area contributed by atoms with Gasteiger partial charge in [0, 0.05) is 43.2 Å². The van der Waals surface area contributed by atoms with Gasteiger partial charge in [-0.15, -0.1) is 0 Å². The fourth-order valence-corrected chi connectivity index (χ4v) is 3.02. The molecule has 2 aromatic heterocycles. The van der Waals surface area contributed by atoms with E-state index in [4.69, 9.17) is 17.3 Å². The first-order chi connectivity index (χ1) is 10.2. The number of aromatic nitrogens is 3. The summed E-state index contributed by atoms with van der Waals surface area (Å²) in [4.78, 5) is 17.6. The van der Waals surface area contributed by atoms with Crippen molar-refractivity contribution in [3.63, 3.8) is 0 Å². The average Bonchev–Trinajstić information content (AvgIpc) is 3.01. The van der Waals surface area contributed by atoms with Crippen molar-refractivity contribution < 1.29 is 4.79 Å². The van der Waals surface area contributed by atoms with Crippen LogP contribution in [0.2, 0.25) is 5.02 Å². The Morgan fingerprint density at radius 2 is 2.14 bits per heavy atom. The monoisotopic (exact) mass is 305 g/mol. The Hall–Kier alpha value is -2.08. The van der Waals surface area contributed by atoms with Crippen LogP contribution in [-0.4, -0.2) is 34.2 Å². The zero-order valence-electron chi connectivity index (χ0n) is 11.4. The summed E-state index contributed by atoms with van der Waals surface area (Å²) in [6.07, 6.45) is 6.60. The lowest BCUT2D eigenvalue weighted by molar-refractivity contribution is -0.122. The van der Waals surface area contributed by atoms with Gasteiger partial charge in [-0.05, 0) is 18.9 Å². The Balaban J connectivity index is 1.91. The predicted molar refractivity (Wildman–Crippen MR) is 81.0 cm³/mol. The predicted octanol–water partition coefficient (Wildman–Crippen LogP) is 1.83. The first kappa shape index (κ1) is 13.9. The fourth-order valence-electron chi connectivity index (χ4n) is 2.74. The lowest BCUT2D eigenvalue weighted by Gasteiger charge is -2.33. The van der Waals surface area contributed by atoms with Crippen molar-refractivity contribution in [2.75, 3.05) is 18.0 Å². The van der Waals surface area contributed by atoms with E-state index >= 15 is 0 Å². The number of amides is 1. The molecule has 0 atom stereocenters. The van der Waals surface area contributed by atoms with Crippen molar-refractivity contribution in [2.45, 2.75) is 12.8 Å². The van der Waals surface area contributed by atoms with Gasteiger partial charge < -0.3 is 10.6 Å². The van der Waals surface area contributed by atoms with Crippen molar-refractivity contribution in [1.29, 1.82) is 0 Å². The number of rotatable bonds is 3. The summed E-state index contributed by atoms with van der Waals surface area (Å²) >= 11 is 6.35. The van der Waals surface area contributed by atoms with Crippen LogP contribution in [0.4, 0.5) is 5.69 Å². The maximum atomic E-state index is 11.3. The molecule has 0 aliphatic carbocycles. The van der Waals surface area contributed by atoms with Crippen LogP contribution in [0.5, 0.6) is 0 Å². The van der Waals surface area contributed by atoms with Crippen LogP contribution in [0.25, 0.3) is 11.3 Å². The molecule has 21 heavy (non-hydrogen) atoms. The minimum Gasteiger partial charge on any atom is -0.370 e. The number of pyridine rings is 1. The number of nitrogens with zero attached hydrogens (tertiary/aromatic N) is 3. The third-order valence-corrected chi connectivity index (χ3v) is 4.15. The second-order valence-electron chi connectivity index (χ2n) is 5.15. The summed E-state index contributed by atoms with van der Waals surface area (Å²) in [5.74, 6) is -0.262. The van der Waals surface area contributed by atoms with Crippen LogP contribution in [0, 0.1) is 5.92 Å². The zero-order valence-corrected chi connectivity index (χ0v) is 12.2. The number of aromatic amines is 1. The number of nitrogens with one attached hydrogen (secondary N) is 1. The van der Waals surface area contributed by atoms with E-state index in [2.05, 4.69) is 20.1 Å². The number of piperidine rings is 1. The second-order valence-corrected chi connectivity index (χ2v) is 5.56. The van der Waals surface area contributed by atoms with E-state index < -0.39 is 0 Å². The molecular formula is C14H16ClN5O. The molecule has 0 saturated carbocycles. The van der Waals surface area contributed by atoms with Crippen molar-refractivity contribution in [3.05, 3.63) is 29.7 Å². The Kier molecular flexibility index (Phi) is 3.79. The second kappa shape index (κ2) is 5.73. The van der Waals surface area contributed by atoms with Gasteiger partial charge in [0.15, 0.2) is 0 Å². The van der Waals surface area contributed by atoms with Crippen LogP contribution >= 0.6 is 11.6 Å². The SMILES string of the molecule is NC(=O)C1CCN(c2c(Cl)cncc2-c2ccn[nH]2)CC1. The van der Waals surface area contributed by atoms with Gasteiger partial charge in [-0.3, -0.25) is 14.9 Å². The Bertz CT molecular complexity index is 635. The van der Waals surface area contributed by atoms with E-state index in [1.165, 1.54) is 0 Å². The molecule has 0 unspecified atom stereocenters. The molecule has 2 aromatic rings. The number of nitrogens with two attached hydrogens (primary N) is 1. The third kappa shape index (κ3) is 2.71. The van der Waals surface area contributed by atoms with Crippen molar-refractivity contribution in [2.24, 2.45) is 11.7 Å². The summed E-state index contributed by atoms with van der Waals surface area (Å²) in [7, 11) is 0. The van der Waals surface area contributed by atoms with Gasteiger partial charge in [-0.1, -0.05) is 11.6 Å². The lowest BCUT2D eigenvalue weighted by Crippen LogP contribution is -2.38. The molecule has 7 heteroatoms. The van der Waals surface area contributed by atoms with Crippen LogP contribution < -0.4 is 10.6 Å². The van der Waals surface area contributed by atoms with Gasteiger partial charge in [0.25, 0.3) is 0 Å². The summed E-state index contributed by atoms with van der Waals surface area (Å²) in [5.41, 5.74) is 8.10. The highest BCUT2D eigenvalue weighted by Gasteiger charge is 2.26. The largest absolute Gasteiger partial charge is 0.370 e. The molecule has 110 valence electrons. The zero-order chi connectivity index (χ0) is 14.8. The van der Waals surface area contributed by atoms with E-state index in [1.54, 1.807) is 18.6 Å². The minimum atomic E-state index is -0.218. The minimum absolute atomic E-state index is 0.0440. The molecule has 1 aliphatic rings. The number of anilines is 1. The molecule has 3 rings (SSSR count). The summed E-state index contributed by atoms with van der Waals surface area (Å²) in [6, 6.07) is 1.88. The normalized spacial score (nSPS) is 16.1. The van der Waals surface area contributed by atoms with Gasteiger partial charge in [0.2, 0.25) is 5.91 Å². The Labute approximate surface area is 127 Å². The molecule has 1 amide bonds. The van der Waals surface area contributed by atoms with E-state index in [0.717, 1.165) is 42.9 Å². The highest BCUT2D eigenvalue weighted by Crippen LogP contribution is 2.37. The highest BCUT2D eigenvalue weighted by atomic mass is 35.5. The molecule has 6 nitrogen and oxygen atoms in total. The standard InChI is InChI=1S/C14H16ClN5O/c15-11-8-17-7-10(12-1-4-18-19-12)13(11)20-5-2-9(3-6-20)14(16)21/h1,4,7-9H,2-3,5-6H2,(H2,16,21)(H,18,19). The molecule has 3 N–H and O–H groups in total. The molecule has 0 aromatic carbocycles. The van der Waals surface area contributed by atoms with Crippen LogP contribution in [0.3, 0.4) is 0 Å². The molecule has 0 spiro atoms. The molecule has 0 radical (unpaired) electrons. The van der Waals surface area contributed by atoms with E-state index in [9.17, 15) is 4.79 Å². The summed E-state index contributed by atoms with van der Waals surface area (Å²) in [6.45, 7) is 1.50. The number of carbonyl (C=O) groups excluding carboxylic acids is 1. The summed E-state index contributed by atoms with van der Waals surface area (Å²) in [5, 5.41) is 7.51. The van der Waals surface area contributed by atoms with Gasteiger partial charge in [0.1, 0.15) is 0 Å². The molecule has 1 fully saturated rings. The van der Waals surface area contributed by atoms with Crippen LogP contribution in [0.15, 0.2) is 24.7 Å². The number of primary amides is 1. The number of H-pyrrole nitrogens is 1. The molecule has 1 aliphatic heterocycles. The van der Waals surface area contributed by atoms with Crippen molar-refractivity contribution in [3.8, 4) is 11.3 Å².